The van der Waals surface area contributed by atoms with Crippen molar-refractivity contribution in [2.75, 3.05) is 0 Å². The lowest BCUT2D eigenvalue weighted by Gasteiger charge is -1.97. The van der Waals surface area contributed by atoms with Gasteiger partial charge in [-0.3, -0.25) is 0 Å². The van der Waals surface area contributed by atoms with Crippen molar-refractivity contribution in [3.05, 3.63) is 32.9 Å². The lowest BCUT2D eigenvalue weighted by Crippen LogP contribution is -1.85. The Morgan fingerprint density at radius 1 is 1.55 bits per heavy atom. The Kier molecular flexibility index (Phi) is 2.89. The van der Waals surface area contributed by atoms with Crippen molar-refractivity contribution in [1.29, 1.82) is 5.26 Å². The zero-order valence-electron chi connectivity index (χ0n) is 6.26. The highest BCUT2D eigenvalue weighted by atomic mass is 127. The standard InChI is InChI=1S/C9H8IN/c1-2-7-3-4-9(10)8(5-7)6-11/h3-5H,2H2,1H3. The lowest BCUT2D eigenvalue weighted by atomic mass is 10.1. The van der Waals surface area contributed by atoms with Crippen LogP contribution in [0.4, 0.5) is 0 Å². The summed E-state index contributed by atoms with van der Waals surface area (Å²) < 4.78 is 1.03. The minimum atomic E-state index is 0.782. The molecular formula is C9H8IN. The van der Waals surface area contributed by atoms with Crippen LogP contribution in [-0.4, -0.2) is 0 Å². The van der Waals surface area contributed by atoms with Gasteiger partial charge < -0.3 is 0 Å². The van der Waals surface area contributed by atoms with Gasteiger partial charge in [0.05, 0.1) is 5.56 Å². The first-order valence-electron chi connectivity index (χ1n) is 3.46. The van der Waals surface area contributed by atoms with Crippen LogP contribution in [0.3, 0.4) is 0 Å². The highest BCUT2D eigenvalue weighted by molar-refractivity contribution is 14.1. The van der Waals surface area contributed by atoms with Gasteiger partial charge in [0.2, 0.25) is 0 Å². The SMILES string of the molecule is CCc1ccc(I)c(C#N)c1. The molecule has 0 aliphatic rings. The minimum Gasteiger partial charge on any atom is -0.192 e. The fraction of sp³-hybridized carbons (Fsp3) is 0.222. The first-order valence-corrected chi connectivity index (χ1v) is 4.54. The largest absolute Gasteiger partial charge is 0.192 e. The van der Waals surface area contributed by atoms with Crippen LogP contribution in [0, 0.1) is 14.9 Å². The van der Waals surface area contributed by atoms with Crippen molar-refractivity contribution in [2.24, 2.45) is 0 Å². The number of nitrogens with zero attached hydrogens (tertiary/aromatic N) is 1. The van der Waals surface area contributed by atoms with Gasteiger partial charge >= 0.3 is 0 Å². The number of benzene rings is 1. The van der Waals surface area contributed by atoms with E-state index in [9.17, 15) is 0 Å². The smallest absolute Gasteiger partial charge is 0.100 e. The van der Waals surface area contributed by atoms with E-state index < -0.39 is 0 Å². The second-order valence-corrected chi connectivity index (χ2v) is 3.44. The molecule has 1 aromatic rings. The van der Waals surface area contributed by atoms with Crippen LogP contribution in [0.1, 0.15) is 18.1 Å². The van der Waals surface area contributed by atoms with Gasteiger partial charge in [-0.2, -0.15) is 5.26 Å². The molecule has 0 atom stereocenters. The van der Waals surface area contributed by atoms with Crippen LogP contribution in [-0.2, 0) is 6.42 Å². The summed E-state index contributed by atoms with van der Waals surface area (Å²) in [5, 5.41) is 8.68. The number of hydrogen-bond donors (Lipinski definition) is 0. The Bertz CT molecular complexity index is 299. The Morgan fingerprint density at radius 3 is 2.82 bits per heavy atom. The van der Waals surface area contributed by atoms with E-state index in [2.05, 4.69) is 41.7 Å². The number of nitriles is 1. The maximum atomic E-state index is 8.68. The summed E-state index contributed by atoms with van der Waals surface area (Å²) in [5.74, 6) is 0. The van der Waals surface area contributed by atoms with Crippen LogP contribution < -0.4 is 0 Å². The number of rotatable bonds is 1. The summed E-state index contributed by atoms with van der Waals surface area (Å²) in [5.41, 5.74) is 2.01. The van der Waals surface area contributed by atoms with Gasteiger partial charge in [0.15, 0.2) is 0 Å². The predicted octanol–water partition coefficient (Wildman–Crippen LogP) is 2.73. The van der Waals surface area contributed by atoms with Crippen LogP contribution in [0.2, 0.25) is 0 Å². The molecule has 0 radical (unpaired) electrons. The first kappa shape index (κ1) is 8.54. The Labute approximate surface area is 80.2 Å². The van der Waals surface area contributed by atoms with Gasteiger partial charge in [-0.25, -0.2) is 0 Å². The van der Waals surface area contributed by atoms with Crippen LogP contribution in [0.5, 0.6) is 0 Å². The van der Waals surface area contributed by atoms with Crippen molar-refractivity contribution in [3.63, 3.8) is 0 Å². The average molecular weight is 257 g/mol. The van der Waals surface area contributed by atoms with E-state index in [-0.39, 0.29) is 0 Å². The summed E-state index contributed by atoms with van der Waals surface area (Å²) >= 11 is 2.17. The van der Waals surface area contributed by atoms with E-state index in [0.717, 1.165) is 15.6 Å². The molecule has 0 spiro atoms. The van der Waals surface area contributed by atoms with Crippen molar-refractivity contribution < 1.29 is 0 Å². The highest BCUT2D eigenvalue weighted by Gasteiger charge is 1.97. The molecule has 56 valence electrons. The fourth-order valence-electron chi connectivity index (χ4n) is 0.878. The molecule has 0 aliphatic heterocycles. The van der Waals surface area contributed by atoms with E-state index in [0.29, 0.717) is 0 Å². The van der Waals surface area contributed by atoms with Crippen LogP contribution >= 0.6 is 22.6 Å². The second-order valence-electron chi connectivity index (χ2n) is 2.28. The van der Waals surface area contributed by atoms with E-state index in [1.165, 1.54) is 5.56 Å². The zero-order chi connectivity index (χ0) is 8.27. The normalized spacial score (nSPS) is 9.18. The Morgan fingerprint density at radius 2 is 2.27 bits per heavy atom. The summed E-state index contributed by atoms with van der Waals surface area (Å²) in [6.45, 7) is 2.09. The Hall–Kier alpha value is -0.560. The molecule has 0 saturated heterocycles. The van der Waals surface area contributed by atoms with Gasteiger partial charge in [-0.1, -0.05) is 13.0 Å². The molecule has 0 amide bonds. The maximum Gasteiger partial charge on any atom is 0.100 e. The quantitative estimate of drug-likeness (QED) is 0.709. The molecule has 11 heavy (non-hydrogen) atoms. The molecular weight excluding hydrogens is 249 g/mol. The summed E-state index contributed by atoms with van der Waals surface area (Å²) in [6, 6.07) is 8.15. The molecule has 0 aliphatic carbocycles. The molecule has 0 fully saturated rings. The number of hydrogen-bond acceptors (Lipinski definition) is 1. The topological polar surface area (TPSA) is 23.8 Å². The Balaban J connectivity index is 3.15. The summed E-state index contributed by atoms with van der Waals surface area (Å²) in [6.07, 6.45) is 0.992. The summed E-state index contributed by atoms with van der Waals surface area (Å²) in [4.78, 5) is 0. The van der Waals surface area contributed by atoms with Gasteiger partial charge in [0, 0.05) is 3.57 Å². The van der Waals surface area contributed by atoms with Crippen LogP contribution in [0.25, 0.3) is 0 Å². The molecule has 0 bridgehead atoms. The minimum absolute atomic E-state index is 0.782. The predicted molar refractivity (Wildman–Crippen MR) is 53.3 cm³/mol. The fourth-order valence-corrected chi connectivity index (χ4v) is 1.33. The van der Waals surface area contributed by atoms with E-state index in [4.69, 9.17) is 5.26 Å². The third-order valence-corrected chi connectivity index (χ3v) is 2.50. The lowest BCUT2D eigenvalue weighted by molar-refractivity contribution is 1.13. The third kappa shape index (κ3) is 1.93. The zero-order valence-corrected chi connectivity index (χ0v) is 8.42. The van der Waals surface area contributed by atoms with Gasteiger partial charge in [-0.05, 0) is 46.7 Å². The van der Waals surface area contributed by atoms with Gasteiger partial charge in [0.25, 0.3) is 0 Å². The molecule has 1 nitrogen and oxygen atoms in total. The molecule has 0 N–H and O–H groups in total. The first-order chi connectivity index (χ1) is 5.27. The molecule has 0 heterocycles. The molecule has 0 saturated carbocycles. The summed E-state index contributed by atoms with van der Waals surface area (Å²) in [7, 11) is 0. The highest BCUT2D eigenvalue weighted by Crippen LogP contribution is 2.13. The monoisotopic (exact) mass is 257 g/mol. The molecule has 1 rings (SSSR count). The molecule has 0 unspecified atom stereocenters. The van der Waals surface area contributed by atoms with Gasteiger partial charge in [-0.15, -0.1) is 0 Å². The van der Waals surface area contributed by atoms with Crippen LogP contribution in [0.15, 0.2) is 18.2 Å². The number of aryl methyl sites for hydroxylation is 1. The third-order valence-electron chi connectivity index (χ3n) is 1.56. The van der Waals surface area contributed by atoms with E-state index in [1.54, 1.807) is 0 Å². The van der Waals surface area contributed by atoms with Crippen molar-refractivity contribution >= 4 is 22.6 Å². The second kappa shape index (κ2) is 3.72. The maximum absolute atomic E-state index is 8.68. The average Bonchev–Trinajstić information content (AvgIpc) is 2.05. The van der Waals surface area contributed by atoms with E-state index in [1.807, 2.05) is 12.1 Å². The molecule has 0 aromatic heterocycles. The molecule has 2 heteroatoms. The van der Waals surface area contributed by atoms with Crippen molar-refractivity contribution in [3.8, 4) is 6.07 Å². The van der Waals surface area contributed by atoms with Gasteiger partial charge in [0.1, 0.15) is 6.07 Å². The van der Waals surface area contributed by atoms with Crippen molar-refractivity contribution in [2.45, 2.75) is 13.3 Å². The van der Waals surface area contributed by atoms with E-state index >= 15 is 0 Å². The van der Waals surface area contributed by atoms with Crippen molar-refractivity contribution in [1.82, 2.24) is 0 Å². The molecule has 1 aromatic carbocycles. The number of halogens is 1.